The molecular formula is C13H16N2O4. The predicted octanol–water partition coefficient (Wildman–Crippen LogP) is 0.607. The van der Waals surface area contributed by atoms with Crippen molar-refractivity contribution in [1.29, 1.82) is 0 Å². The summed E-state index contributed by atoms with van der Waals surface area (Å²) in [7, 11) is 0. The first-order chi connectivity index (χ1) is 9.00. The molecule has 0 saturated heterocycles. The van der Waals surface area contributed by atoms with Crippen LogP contribution >= 0.6 is 0 Å². The summed E-state index contributed by atoms with van der Waals surface area (Å²) in [5.74, 6) is -1.05. The number of nitrogens with two attached hydrogens (primary N) is 1. The molecule has 0 atom stereocenters. The van der Waals surface area contributed by atoms with E-state index in [4.69, 9.17) is 10.5 Å². The lowest BCUT2D eigenvalue weighted by molar-refractivity contribution is -0.131. The van der Waals surface area contributed by atoms with Gasteiger partial charge < -0.3 is 15.8 Å². The molecule has 2 amide bonds. The maximum Gasteiger partial charge on any atom is 0.308 e. The van der Waals surface area contributed by atoms with E-state index in [-0.39, 0.29) is 23.6 Å². The second kappa shape index (κ2) is 7.15. The van der Waals surface area contributed by atoms with Crippen LogP contribution in [0.25, 0.3) is 0 Å². The first-order valence-electron chi connectivity index (χ1n) is 5.84. The summed E-state index contributed by atoms with van der Waals surface area (Å²) in [6, 6.07) is 6.44. The van der Waals surface area contributed by atoms with Crippen molar-refractivity contribution in [2.24, 2.45) is 5.73 Å². The van der Waals surface area contributed by atoms with Crippen LogP contribution in [0.1, 0.15) is 30.1 Å². The van der Waals surface area contributed by atoms with Gasteiger partial charge in [-0.05, 0) is 18.6 Å². The van der Waals surface area contributed by atoms with Crippen LogP contribution in [0, 0.1) is 0 Å². The smallest absolute Gasteiger partial charge is 0.308 e. The number of hydrogen-bond acceptors (Lipinski definition) is 4. The minimum Gasteiger partial charge on any atom is -0.426 e. The Balaban J connectivity index is 2.61. The van der Waals surface area contributed by atoms with Crippen LogP contribution in [0.4, 0.5) is 0 Å². The molecule has 6 nitrogen and oxygen atoms in total. The molecule has 19 heavy (non-hydrogen) atoms. The highest BCUT2D eigenvalue weighted by atomic mass is 16.5. The van der Waals surface area contributed by atoms with E-state index >= 15 is 0 Å². The van der Waals surface area contributed by atoms with Crippen LogP contribution in [0.2, 0.25) is 0 Å². The van der Waals surface area contributed by atoms with Gasteiger partial charge in [0.15, 0.2) is 0 Å². The third kappa shape index (κ3) is 5.20. The average molecular weight is 264 g/mol. The number of benzene rings is 1. The topological polar surface area (TPSA) is 98.5 Å². The van der Waals surface area contributed by atoms with Crippen LogP contribution in [-0.2, 0) is 9.59 Å². The fraction of sp³-hybridized carbons (Fsp3) is 0.308. The maximum absolute atomic E-state index is 11.9. The van der Waals surface area contributed by atoms with E-state index in [9.17, 15) is 14.4 Å². The van der Waals surface area contributed by atoms with E-state index in [0.29, 0.717) is 13.0 Å². The van der Waals surface area contributed by atoms with E-state index < -0.39 is 11.9 Å². The number of carbonyl (C=O) groups excluding carboxylic acids is 3. The normalized spacial score (nSPS) is 9.74. The van der Waals surface area contributed by atoms with Crippen LogP contribution in [0.5, 0.6) is 5.75 Å². The standard InChI is InChI=1S/C13H16N2O4/c1-9(16)19-11-6-3-2-5-10(11)13(18)15-8-4-7-12(14)17/h2-3,5-6H,4,7-8H2,1H3,(H2,14,17)(H,15,18). The predicted molar refractivity (Wildman–Crippen MR) is 68.5 cm³/mol. The number of nitrogens with one attached hydrogen (secondary N) is 1. The summed E-state index contributed by atoms with van der Waals surface area (Å²) in [5, 5.41) is 2.63. The van der Waals surface area contributed by atoms with Gasteiger partial charge in [-0.15, -0.1) is 0 Å². The van der Waals surface area contributed by atoms with Crippen molar-refractivity contribution in [2.75, 3.05) is 6.54 Å². The van der Waals surface area contributed by atoms with Gasteiger partial charge in [-0.3, -0.25) is 14.4 Å². The first-order valence-corrected chi connectivity index (χ1v) is 5.84. The number of rotatable bonds is 6. The van der Waals surface area contributed by atoms with E-state index in [2.05, 4.69) is 5.32 Å². The molecule has 3 N–H and O–H groups in total. The SMILES string of the molecule is CC(=O)Oc1ccccc1C(=O)NCCCC(N)=O. The van der Waals surface area contributed by atoms with Gasteiger partial charge in [0, 0.05) is 19.9 Å². The van der Waals surface area contributed by atoms with Gasteiger partial charge in [-0.25, -0.2) is 0 Å². The molecule has 0 radical (unpaired) electrons. The number of esters is 1. The molecule has 0 aliphatic carbocycles. The van der Waals surface area contributed by atoms with Crippen molar-refractivity contribution in [3.05, 3.63) is 29.8 Å². The van der Waals surface area contributed by atoms with Gasteiger partial charge >= 0.3 is 5.97 Å². The van der Waals surface area contributed by atoms with Gasteiger partial charge in [-0.2, -0.15) is 0 Å². The molecule has 0 heterocycles. The average Bonchev–Trinajstić information content (AvgIpc) is 2.34. The molecule has 0 spiro atoms. The second-order valence-electron chi connectivity index (χ2n) is 3.92. The maximum atomic E-state index is 11.9. The van der Waals surface area contributed by atoms with Crippen molar-refractivity contribution < 1.29 is 19.1 Å². The van der Waals surface area contributed by atoms with Gasteiger partial charge in [0.05, 0.1) is 5.56 Å². The minimum absolute atomic E-state index is 0.211. The van der Waals surface area contributed by atoms with E-state index in [1.165, 1.54) is 6.92 Å². The van der Waals surface area contributed by atoms with Crippen LogP contribution < -0.4 is 15.8 Å². The summed E-state index contributed by atoms with van der Waals surface area (Å²) in [5.41, 5.74) is 5.27. The highest BCUT2D eigenvalue weighted by Gasteiger charge is 2.12. The van der Waals surface area contributed by atoms with Crippen LogP contribution in [-0.4, -0.2) is 24.3 Å². The Kier molecular flexibility index (Phi) is 5.53. The third-order valence-electron chi connectivity index (χ3n) is 2.27. The van der Waals surface area contributed by atoms with Gasteiger partial charge in [0.2, 0.25) is 5.91 Å². The van der Waals surface area contributed by atoms with Crippen LogP contribution in [0.15, 0.2) is 24.3 Å². The minimum atomic E-state index is -0.492. The Morgan fingerprint density at radius 3 is 2.58 bits per heavy atom. The van der Waals surface area contributed by atoms with Gasteiger partial charge in [0.25, 0.3) is 5.91 Å². The number of para-hydroxylation sites is 1. The number of ether oxygens (including phenoxy) is 1. The Morgan fingerprint density at radius 1 is 1.26 bits per heavy atom. The Hall–Kier alpha value is -2.37. The van der Waals surface area contributed by atoms with Crippen LogP contribution in [0.3, 0.4) is 0 Å². The monoisotopic (exact) mass is 264 g/mol. The molecule has 0 aliphatic heterocycles. The first kappa shape index (κ1) is 14.7. The fourth-order valence-electron chi connectivity index (χ4n) is 1.46. The summed E-state index contributed by atoms with van der Waals surface area (Å²) < 4.78 is 4.94. The lowest BCUT2D eigenvalue weighted by Gasteiger charge is -2.09. The Bertz CT molecular complexity index is 485. The highest BCUT2D eigenvalue weighted by molar-refractivity contribution is 5.97. The second-order valence-corrected chi connectivity index (χ2v) is 3.92. The van der Waals surface area contributed by atoms with Crippen molar-refractivity contribution in [3.8, 4) is 5.75 Å². The van der Waals surface area contributed by atoms with Crippen molar-refractivity contribution in [3.63, 3.8) is 0 Å². The molecule has 1 rings (SSSR count). The fourth-order valence-corrected chi connectivity index (χ4v) is 1.46. The molecule has 102 valence electrons. The molecule has 0 saturated carbocycles. The molecule has 0 aliphatic rings. The summed E-state index contributed by atoms with van der Waals surface area (Å²) in [6.07, 6.45) is 0.683. The van der Waals surface area contributed by atoms with Gasteiger partial charge in [-0.1, -0.05) is 12.1 Å². The quantitative estimate of drug-likeness (QED) is 0.446. The molecule has 0 unspecified atom stereocenters. The molecule has 0 fully saturated rings. The Morgan fingerprint density at radius 2 is 1.95 bits per heavy atom. The molecule has 1 aromatic rings. The molecule has 6 heteroatoms. The van der Waals surface area contributed by atoms with Crippen molar-refractivity contribution in [2.45, 2.75) is 19.8 Å². The van der Waals surface area contributed by atoms with E-state index in [1.54, 1.807) is 24.3 Å². The largest absolute Gasteiger partial charge is 0.426 e. The Labute approximate surface area is 110 Å². The van der Waals surface area contributed by atoms with Crippen molar-refractivity contribution >= 4 is 17.8 Å². The molecule has 0 bridgehead atoms. The summed E-state index contributed by atoms with van der Waals surface area (Å²) in [6.45, 7) is 1.59. The van der Waals surface area contributed by atoms with Gasteiger partial charge in [0.1, 0.15) is 5.75 Å². The molecule has 0 aromatic heterocycles. The van der Waals surface area contributed by atoms with E-state index in [1.807, 2.05) is 0 Å². The summed E-state index contributed by atoms with van der Waals surface area (Å²) >= 11 is 0. The number of hydrogen-bond donors (Lipinski definition) is 2. The lowest BCUT2D eigenvalue weighted by atomic mass is 10.2. The molecule has 1 aromatic carbocycles. The number of carbonyl (C=O) groups is 3. The third-order valence-corrected chi connectivity index (χ3v) is 2.27. The zero-order valence-corrected chi connectivity index (χ0v) is 10.6. The highest BCUT2D eigenvalue weighted by Crippen LogP contribution is 2.17. The zero-order chi connectivity index (χ0) is 14.3. The lowest BCUT2D eigenvalue weighted by Crippen LogP contribution is -2.26. The number of amides is 2. The van der Waals surface area contributed by atoms with Crippen molar-refractivity contribution in [1.82, 2.24) is 5.32 Å². The zero-order valence-electron chi connectivity index (χ0n) is 10.6. The number of primary amides is 1. The van der Waals surface area contributed by atoms with E-state index in [0.717, 1.165) is 0 Å². The molecular weight excluding hydrogens is 248 g/mol. The summed E-state index contributed by atoms with van der Waals surface area (Å²) in [4.78, 5) is 33.3.